The fourth-order valence-electron chi connectivity index (χ4n) is 0. The van der Waals surface area contributed by atoms with E-state index in [2.05, 4.69) is 0 Å². The molecule has 0 aromatic heterocycles. The van der Waals surface area contributed by atoms with Crippen LogP contribution in [0.4, 0.5) is 0 Å². The monoisotopic (exact) mass is 165 g/mol. The molecule has 0 aliphatic carbocycles. The summed E-state index contributed by atoms with van der Waals surface area (Å²) in [5.41, 5.74) is 0. The Morgan fingerprint density at radius 1 is 0.818 bits per heavy atom. The molecule has 0 atom stereocenters. The van der Waals surface area contributed by atoms with E-state index >= 15 is 0 Å². The first kappa shape index (κ1) is 17.1. The zero-order valence-electron chi connectivity index (χ0n) is 8.17. The molecular weight excluding hydrogens is 142 g/mol. The molecule has 11 heavy (non-hydrogen) atoms. The van der Waals surface area contributed by atoms with E-state index in [1.165, 1.54) is 0 Å². The molecule has 0 aliphatic rings. The highest BCUT2D eigenvalue weighted by atomic mass is 16.3. The summed E-state index contributed by atoms with van der Waals surface area (Å²) in [7, 11) is 0. The van der Waals surface area contributed by atoms with Crippen LogP contribution < -0.4 is 6.15 Å². The molecule has 0 saturated heterocycles. The van der Waals surface area contributed by atoms with E-state index in [0.29, 0.717) is 25.0 Å². The second-order valence-electron chi connectivity index (χ2n) is 3.15. The molecular formula is C8H23NO2. The lowest BCUT2D eigenvalue weighted by Gasteiger charge is -1.90. The predicted molar refractivity (Wildman–Crippen MR) is 48.9 cm³/mol. The van der Waals surface area contributed by atoms with Gasteiger partial charge in [0.1, 0.15) is 0 Å². The zero-order chi connectivity index (χ0) is 8.57. The first-order valence-electron chi connectivity index (χ1n) is 3.76. The van der Waals surface area contributed by atoms with Gasteiger partial charge in [0.15, 0.2) is 0 Å². The van der Waals surface area contributed by atoms with Gasteiger partial charge in [-0.15, -0.1) is 0 Å². The van der Waals surface area contributed by atoms with Gasteiger partial charge in [0.2, 0.25) is 0 Å². The van der Waals surface area contributed by atoms with Gasteiger partial charge in [0, 0.05) is 13.2 Å². The van der Waals surface area contributed by atoms with Crippen molar-refractivity contribution in [3.8, 4) is 0 Å². The number of aliphatic hydroxyl groups is 2. The second kappa shape index (κ2) is 12.5. The molecule has 3 nitrogen and oxygen atoms in total. The number of hydrogen-bond donors (Lipinski definition) is 3. The average Bonchev–Trinajstić information content (AvgIpc) is 1.89. The summed E-state index contributed by atoms with van der Waals surface area (Å²) in [6.45, 7) is 8.50. The van der Waals surface area contributed by atoms with Gasteiger partial charge >= 0.3 is 0 Å². The van der Waals surface area contributed by atoms with Gasteiger partial charge in [-0.25, -0.2) is 0 Å². The Labute approximate surface area is 70.0 Å². The molecule has 0 fully saturated rings. The van der Waals surface area contributed by atoms with Gasteiger partial charge in [0.05, 0.1) is 0 Å². The number of hydrogen-bond acceptors (Lipinski definition) is 3. The van der Waals surface area contributed by atoms with E-state index in [1.807, 2.05) is 27.7 Å². The first-order chi connectivity index (χ1) is 4.54. The van der Waals surface area contributed by atoms with Crippen LogP contribution in [0.25, 0.3) is 0 Å². The molecule has 0 heterocycles. The van der Waals surface area contributed by atoms with Crippen LogP contribution in [0.15, 0.2) is 0 Å². The summed E-state index contributed by atoms with van der Waals surface area (Å²) >= 11 is 0. The highest BCUT2D eigenvalue weighted by Crippen LogP contribution is 1.83. The highest BCUT2D eigenvalue weighted by molar-refractivity contribution is 4.32. The third-order valence-corrected chi connectivity index (χ3v) is 0.730. The second-order valence-corrected chi connectivity index (χ2v) is 3.15. The van der Waals surface area contributed by atoms with E-state index in [1.54, 1.807) is 0 Å². The number of aliphatic hydroxyl groups excluding tert-OH is 2. The fourth-order valence-corrected chi connectivity index (χ4v) is 0. The first-order valence-corrected chi connectivity index (χ1v) is 3.76. The minimum atomic E-state index is 0. The van der Waals surface area contributed by atoms with Gasteiger partial charge in [0.25, 0.3) is 0 Å². The maximum atomic E-state index is 8.14. The Morgan fingerprint density at radius 3 is 0.909 bits per heavy atom. The molecule has 72 valence electrons. The van der Waals surface area contributed by atoms with E-state index in [-0.39, 0.29) is 6.15 Å². The molecule has 0 bridgehead atoms. The largest absolute Gasteiger partial charge is 0.396 e. The molecule has 0 radical (unpaired) electrons. The highest BCUT2D eigenvalue weighted by Gasteiger charge is 1.82. The minimum Gasteiger partial charge on any atom is -0.396 e. The average molecular weight is 165 g/mol. The molecule has 3 heteroatoms. The fraction of sp³-hybridized carbons (Fsp3) is 1.00. The van der Waals surface area contributed by atoms with Crippen LogP contribution in [0.5, 0.6) is 0 Å². The Hall–Kier alpha value is -0.120. The lowest BCUT2D eigenvalue weighted by Crippen LogP contribution is -1.90. The summed E-state index contributed by atoms with van der Waals surface area (Å²) in [5.74, 6) is 0.880. The van der Waals surface area contributed by atoms with Crippen molar-refractivity contribution in [1.82, 2.24) is 6.15 Å². The molecule has 0 amide bonds. The van der Waals surface area contributed by atoms with Gasteiger partial charge < -0.3 is 16.4 Å². The topological polar surface area (TPSA) is 75.5 Å². The van der Waals surface area contributed by atoms with E-state index in [9.17, 15) is 0 Å². The van der Waals surface area contributed by atoms with Crippen molar-refractivity contribution in [3.63, 3.8) is 0 Å². The number of rotatable bonds is 2. The van der Waals surface area contributed by atoms with Crippen molar-refractivity contribution in [2.75, 3.05) is 13.2 Å². The van der Waals surface area contributed by atoms with Gasteiger partial charge in [-0.05, 0) is 11.8 Å². The maximum Gasteiger partial charge on any atom is 0.0453 e. The SMILES string of the molecule is CC(C)CO.CC(C)CO.N. The predicted octanol–water partition coefficient (Wildman–Crippen LogP) is 1.43. The lowest BCUT2D eigenvalue weighted by atomic mass is 10.2. The summed E-state index contributed by atoms with van der Waals surface area (Å²) < 4.78 is 0. The Balaban J connectivity index is -0.000000107. The van der Waals surface area contributed by atoms with Crippen LogP contribution in [0.2, 0.25) is 0 Å². The molecule has 0 spiro atoms. The molecule has 0 unspecified atom stereocenters. The third-order valence-electron chi connectivity index (χ3n) is 0.730. The zero-order valence-corrected chi connectivity index (χ0v) is 8.17. The summed E-state index contributed by atoms with van der Waals surface area (Å²) in [6.07, 6.45) is 0. The summed E-state index contributed by atoms with van der Waals surface area (Å²) in [6, 6.07) is 0. The molecule has 0 aromatic carbocycles. The third kappa shape index (κ3) is 40.8. The van der Waals surface area contributed by atoms with Crippen LogP contribution >= 0.6 is 0 Å². The van der Waals surface area contributed by atoms with Crippen molar-refractivity contribution in [2.45, 2.75) is 27.7 Å². The quantitative estimate of drug-likeness (QED) is 0.579. The summed E-state index contributed by atoms with van der Waals surface area (Å²) in [4.78, 5) is 0. The standard InChI is InChI=1S/2C4H10O.H3N/c2*1-4(2)3-5;/h2*4-5H,3H2,1-2H3;1H3. The van der Waals surface area contributed by atoms with E-state index < -0.39 is 0 Å². The van der Waals surface area contributed by atoms with Crippen molar-refractivity contribution in [1.29, 1.82) is 0 Å². The Bertz CT molecular complexity index is 48.1. The van der Waals surface area contributed by atoms with Crippen molar-refractivity contribution in [2.24, 2.45) is 11.8 Å². The molecule has 0 aliphatic heterocycles. The molecule has 0 aromatic rings. The van der Waals surface area contributed by atoms with Crippen molar-refractivity contribution in [3.05, 3.63) is 0 Å². The molecule has 5 N–H and O–H groups in total. The maximum absolute atomic E-state index is 8.14. The smallest absolute Gasteiger partial charge is 0.0453 e. The van der Waals surface area contributed by atoms with Crippen molar-refractivity contribution >= 4 is 0 Å². The molecule has 0 saturated carbocycles. The minimum absolute atomic E-state index is 0. The van der Waals surface area contributed by atoms with E-state index in [4.69, 9.17) is 10.2 Å². The van der Waals surface area contributed by atoms with Crippen LogP contribution in [0.1, 0.15) is 27.7 Å². The normalized spacial score (nSPS) is 8.73. The van der Waals surface area contributed by atoms with Crippen LogP contribution in [0, 0.1) is 11.8 Å². The van der Waals surface area contributed by atoms with Gasteiger partial charge in [-0.2, -0.15) is 0 Å². The van der Waals surface area contributed by atoms with Gasteiger partial charge in [-0.3, -0.25) is 0 Å². The molecule has 0 rings (SSSR count). The summed E-state index contributed by atoms with van der Waals surface area (Å²) in [5, 5.41) is 16.3. The lowest BCUT2D eigenvalue weighted by molar-refractivity contribution is 0.248. The Morgan fingerprint density at radius 2 is 0.909 bits per heavy atom. The van der Waals surface area contributed by atoms with Crippen LogP contribution in [0.3, 0.4) is 0 Å². The van der Waals surface area contributed by atoms with Crippen LogP contribution in [-0.4, -0.2) is 23.4 Å². The van der Waals surface area contributed by atoms with Gasteiger partial charge in [-0.1, -0.05) is 27.7 Å². The Kier molecular flexibility index (Phi) is 19.5. The van der Waals surface area contributed by atoms with Crippen molar-refractivity contribution < 1.29 is 10.2 Å². The van der Waals surface area contributed by atoms with Crippen LogP contribution in [-0.2, 0) is 0 Å². The van der Waals surface area contributed by atoms with E-state index in [0.717, 1.165) is 0 Å².